The van der Waals surface area contributed by atoms with Crippen molar-refractivity contribution >= 4 is 11.8 Å². The number of hydrogen-bond acceptors (Lipinski definition) is 2. The molecule has 1 aliphatic rings. The second kappa shape index (κ2) is 6.37. The second-order valence-corrected chi connectivity index (χ2v) is 5.37. The van der Waals surface area contributed by atoms with Gasteiger partial charge >= 0.3 is 6.18 Å². The molecule has 0 bridgehead atoms. The van der Waals surface area contributed by atoms with Crippen molar-refractivity contribution in [1.82, 2.24) is 4.90 Å². The van der Waals surface area contributed by atoms with E-state index in [0.717, 1.165) is 0 Å². The summed E-state index contributed by atoms with van der Waals surface area (Å²) in [6.45, 7) is 0.461. The van der Waals surface area contributed by atoms with Gasteiger partial charge in [-0.25, -0.2) is 0 Å². The quantitative estimate of drug-likeness (QED) is 0.926. The van der Waals surface area contributed by atoms with E-state index in [0.29, 0.717) is 30.5 Å². The molecule has 7 heteroatoms. The van der Waals surface area contributed by atoms with Crippen molar-refractivity contribution in [2.75, 3.05) is 6.54 Å². The number of halogens is 3. The third-order valence-electron chi connectivity index (χ3n) is 3.74. The number of benzene rings is 1. The van der Waals surface area contributed by atoms with Crippen LogP contribution in [0.3, 0.4) is 0 Å². The zero-order valence-electron chi connectivity index (χ0n) is 11.9. The van der Waals surface area contributed by atoms with Crippen LogP contribution in [0.2, 0.25) is 0 Å². The lowest BCUT2D eigenvalue weighted by atomic mass is 10.1. The maximum absolute atomic E-state index is 12.3. The summed E-state index contributed by atoms with van der Waals surface area (Å²) in [6.07, 6.45) is -3.95. The van der Waals surface area contributed by atoms with Gasteiger partial charge in [0.25, 0.3) is 5.91 Å². The third kappa shape index (κ3) is 3.99. The standard InChI is InChI=1S/C15H17F3N2O2/c16-15(17,18)8-7-10-3-5-11(6-4-10)14(22)20-9-1-2-12(20)13(19)21/h3-6,12H,1-2,7-9H2,(H2,19,21)/t12-/m0/s1. The molecule has 0 unspecified atom stereocenters. The smallest absolute Gasteiger partial charge is 0.368 e. The molecule has 0 aliphatic carbocycles. The Morgan fingerprint density at radius 1 is 1.23 bits per heavy atom. The molecule has 0 saturated carbocycles. The lowest BCUT2D eigenvalue weighted by Gasteiger charge is -2.22. The summed E-state index contributed by atoms with van der Waals surface area (Å²) in [5, 5.41) is 0. The third-order valence-corrected chi connectivity index (χ3v) is 3.74. The molecule has 1 aromatic rings. The van der Waals surface area contributed by atoms with Gasteiger partial charge in [-0.3, -0.25) is 9.59 Å². The molecule has 1 aliphatic heterocycles. The molecule has 1 heterocycles. The zero-order valence-corrected chi connectivity index (χ0v) is 11.9. The number of amides is 2. The Labute approximate surface area is 126 Å². The monoisotopic (exact) mass is 314 g/mol. The number of rotatable bonds is 4. The summed E-state index contributed by atoms with van der Waals surface area (Å²) in [4.78, 5) is 25.1. The summed E-state index contributed by atoms with van der Waals surface area (Å²) in [6, 6.07) is 5.40. The maximum atomic E-state index is 12.3. The topological polar surface area (TPSA) is 63.4 Å². The molecule has 1 aromatic carbocycles. The molecule has 120 valence electrons. The first kappa shape index (κ1) is 16.3. The SMILES string of the molecule is NC(=O)[C@@H]1CCCN1C(=O)c1ccc(CCC(F)(F)F)cc1. The average molecular weight is 314 g/mol. The number of hydrogen-bond donors (Lipinski definition) is 1. The van der Waals surface area contributed by atoms with E-state index in [9.17, 15) is 22.8 Å². The van der Waals surface area contributed by atoms with Gasteiger partial charge in [-0.15, -0.1) is 0 Å². The van der Waals surface area contributed by atoms with Gasteiger partial charge in [-0.1, -0.05) is 12.1 Å². The lowest BCUT2D eigenvalue weighted by Crippen LogP contribution is -2.43. The van der Waals surface area contributed by atoms with Crippen LogP contribution in [0.25, 0.3) is 0 Å². The molecule has 22 heavy (non-hydrogen) atoms. The first-order chi connectivity index (χ1) is 10.3. The van der Waals surface area contributed by atoms with E-state index in [2.05, 4.69) is 0 Å². The van der Waals surface area contributed by atoms with Gasteiger partial charge in [0.15, 0.2) is 0 Å². The Bertz CT molecular complexity index is 555. The number of likely N-dealkylation sites (tertiary alicyclic amines) is 1. The van der Waals surface area contributed by atoms with E-state index in [4.69, 9.17) is 5.73 Å². The summed E-state index contributed by atoms with van der Waals surface area (Å²) in [5.41, 5.74) is 6.14. The van der Waals surface area contributed by atoms with Crippen LogP contribution in [0.5, 0.6) is 0 Å². The fourth-order valence-corrected chi connectivity index (χ4v) is 2.57. The molecular formula is C15H17F3N2O2. The van der Waals surface area contributed by atoms with E-state index in [-0.39, 0.29) is 12.3 Å². The summed E-state index contributed by atoms with van der Waals surface area (Å²) >= 11 is 0. The molecule has 2 N–H and O–H groups in total. The van der Waals surface area contributed by atoms with Gasteiger partial charge in [0.1, 0.15) is 6.04 Å². The van der Waals surface area contributed by atoms with Crippen molar-refractivity contribution in [2.45, 2.75) is 37.9 Å². The number of alkyl halides is 3. The number of nitrogens with two attached hydrogens (primary N) is 1. The predicted molar refractivity (Wildman–Crippen MR) is 74.1 cm³/mol. The summed E-state index contributed by atoms with van der Waals surface area (Å²) < 4.78 is 36.5. The molecule has 1 saturated heterocycles. The molecule has 1 fully saturated rings. The van der Waals surface area contributed by atoms with E-state index in [1.54, 1.807) is 0 Å². The number of carbonyl (C=O) groups excluding carboxylic acids is 2. The van der Waals surface area contributed by atoms with Gasteiger partial charge in [0, 0.05) is 18.5 Å². The largest absolute Gasteiger partial charge is 0.389 e. The average Bonchev–Trinajstić information content (AvgIpc) is 2.94. The highest BCUT2D eigenvalue weighted by Gasteiger charge is 2.33. The van der Waals surface area contributed by atoms with Crippen LogP contribution in [0.1, 0.15) is 35.2 Å². The molecule has 0 spiro atoms. The molecule has 0 radical (unpaired) electrons. The van der Waals surface area contributed by atoms with Gasteiger partial charge in [0.05, 0.1) is 0 Å². The highest BCUT2D eigenvalue weighted by atomic mass is 19.4. The van der Waals surface area contributed by atoms with Gasteiger partial charge in [0.2, 0.25) is 5.91 Å². The lowest BCUT2D eigenvalue weighted by molar-refractivity contribution is -0.134. The van der Waals surface area contributed by atoms with E-state index < -0.39 is 24.5 Å². The van der Waals surface area contributed by atoms with E-state index in [1.165, 1.54) is 29.2 Å². The fraction of sp³-hybridized carbons (Fsp3) is 0.467. The van der Waals surface area contributed by atoms with E-state index in [1.807, 2.05) is 0 Å². The Balaban J connectivity index is 2.03. The van der Waals surface area contributed by atoms with Crippen molar-refractivity contribution in [3.05, 3.63) is 35.4 Å². The first-order valence-electron chi connectivity index (χ1n) is 7.04. The van der Waals surface area contributed by atoms with Crippen LogP contribution < -0.4 is 5.73 Å². The van der Waals surface area contributed by atoms with Crippen LogP contribution >= 0.6 is 0 Å². The van der Waals surface area contributed by atoms with Crippen LogP contribution in [-0.2, 0) is 11.2 Å². The highest BCUT2D eigenvalue weighted by Crippen LogP contribution is 2.23. The zero-order chi connectivity index (χ0) is 16.3. The number of primary amides is 1. The Morgan fingerprint density at radius 2 is 1.86 bits per heavy atom. The second-order valence-electron chi connectivity index (χ2n) is 5.37. The van der Waals surface area contributed by atoms with Crippen LogP contribution in [0.4, 0.5) is 13.2 Å². The van der Waals surface area contributed by atoms with Crippen molar-refractivity contribution < 1.29 is 22.8 Å². The molecule has 2 rings (SSSR count). The number of carbonyl (C=O) groups is 2. The maximum Gasteiger partial charge on any atom is 0.389 e. The van der Waals surface area contributed by atoms with Crippen molar-refractivity contribution in [2.24, 2.45) is 5.73 Å². The van der Waals surface area contributed by atoms with Gasteiger partial charge < -0.3 is 10.6 Å². The molecule has 2 amide bonds. The predicted octanol–water partition coefficient (Wildman–Crippen LogP) is 2.27. The van der Waals surface area contributed by atoms with Crippen LogP contribution in [0.15, 0.2) is 24.3 Å². The van der Waals surface area contributed by atoms with Crippen LogP contribution in [-0.4, -0.2) is 35.5 Å². The van der Waals surface area contributed by atoms with Gasteiger partial charge in [-0.05, 0) is 37.0 Å². The minimum Gasteiger partial charge on any atom is -0.368 e. The molecular weight excluding hydrogens is 297 g/mol. The highest BCUT2D eigenvalue weighted by molar-refractivity contribution is 5.97. The van der Waals surface area contributed by atoms with E-state index >= 15 is 0 Å². The molecule has 4 nitrogen and oxygen atoms in total. The number of nitrogens with zero attached hydrogens (tertiary/aromatic N) is 1. The molecule has 0 aromatic heterocycles. The number of aryl methyl sites for hydroxylation is 1. The fourth-order valence-electron chi connectivity index (χ4n) is 2.57. The molecule has 1 atom stereocenters. The van der Waals surface area contributed by atoms with Crippen molar-refractivity contribution in [3.8, 4) is 0 Å². The Morgan fingerprint density at radius 3 is 2.41 bits per heavy atom. The minimum atomic E-state index is -4.20. The minimum absolute atomic E-state index is 0.119. The first-order valence-corrected chi connectivity index (χ1v) is 7.04. The normalized spacial score (nSPS) is 18.5. The summed E-state index contributed by atoms with van der Waals surface area (Å²) in [7, 11) is 0. The van der Waals surface area contributed by atoms with Crippen LogP contribution in [0, 0.1) is 0 Å². The van der Waals surface area contributed by atoms with Crippen molar-refractivity contribution in [3.63, 3.8) is 0 Å². The van der Waals surface area contributed by atoms with Gasteiger partial charge in [-0.2, -0.15) is 13.2 Å². The Kier molecular flexibility index (Phi) is 4.73. The van der Waals surface area contributed by atoms with Crippen molar-refractivity contribution in [1.29, 1.82) is 0 Å². The summed E-state index contributed by atoms with van der Waals surface area (Å²) in [5.74, 6) is -0.851. The Hall–Kier alpha value is -2.05.